The van der Waals surface area contributed by atoms with E-state index in [0.717, 1.165) is 58.8 Å². The van der Waals surface area contributed by atoms with Gasteiger partial charge < -0.3 is 15.0 Å². The predicted octanol–water partition coefficient (Wildman–Crippen LogP) is 3.79. The maximum absolute atomic E-state index is 11.5. The van der Waals surface area contributed by atoms with Gasteiger partial charge in [-0.1, -0.05) is 12.1 Å². The van der Waals surface area contributed by atoms with Crippen molar-refractivity contribution in [3.8, 4) is 16.9 Å². The molecule has 3 aromatic rings. The van der Waals surface area contributed by atoms with Crippen molar-refractivity contribution >= 4 is 33.3 Å². The van der Waals surface area contributed by atoms with Gasteiger partial charge >= 0.3 is 0 Å². The van der Waals surface area contributed by atoms with Crippen molar-refractivity contribution in [1.82, 2.24) is 14.9 Å². The number of hydrogen-bond donors (Lipinski definition) is 1. The Hall–Kier alpha value is -2.67. The van der Waals surface area contributed by atoms with Gasteiger partial charge in [-0.25, -0.2) is 9.97 Å². The van der Waals surface area contributed by atoms with Crippen molar-refractivity contribution in [2.75, 3.05) is 25.5 Å². The van der Waals surface area contributed by atoms with Gasteiger partial charge in [-0.2, -0.15) is 0 Å². The molecule has 140 valence electrons. The summed E-state index contributed by atoms with van der Waals surface area (Å²) >= 11 is 1.62. The van der Waals surface area contributed by atoms with E-state index in [9.17, 15) is 4.79 Å². The van der Waals surface area contributed by atoms with Crippen LogP contribution in [0.5, 0.6) is 5.75 Å². The molecule has 0 aliphatic carbocycles. The second kappa shape index (κ2) is 7.52. The van der Waals surface area contributed by atoms with E-state index >= 15 is 0 Å². The van der Waals surface area contributed by atoms with Crippen LogP contribution in [0.3, 0.4) is 0 Å². The summed E-state index contributed by atoms with van der Waals surface area (Å²) < 4.78 is 5.26. The van der Waals surface area contributed by atoms with Crippen LogP contribution >= 0.6 is 11.3 Å². The zero-order chi connectivity index (χ0) is 18.8. The fraction of sp³-hybridized carbons (Fsp3) is 0.350. The molecule has 1 fully saturated rings. The van der Waals surface area contributed by atoms with Crippen molar-refractivity contribution in [2.24, 2.45) is 0 Å². The number of rotatable bonds is 4. The van der Waals surface area contributed by atoms with E-state index < -0.39 is 0 Å². The first-order valence-corrected chi connectivity index (χ1v) is 9.92. The van der Waals surface area contributed by atoms with E-state index in [0.29, 0.717) is 6.04 Å². The first kappa shape index (κ1) is 17.7. The maximum atomic E-state index is 11.5. The van der Waals surface area contributed by atoms with Crippen LogP contribution in [-0.4, -0.2) is 47.0 Å². The molecule has 0 unspecified atom stereocenters. The smallest absolute Gasteiger partial charge is 0.219 e. The number of benzene rings is 1. The summed E-state index contributed by atoms with van der Waals surface area (Å²) in [6.07, 6.45) is 3.46. The molecule has 27 heavy (non-hydrogen) atoms. The second-order valence-corrected chi connectivity index (χ2v) is 7.56. The maximum Gasteiger partial charge on any atom is 0.219 e. The van der Waals surface area contributed by atoms with Crippen LogP contribution < -0.4 is 10.1 Å². The van der Waals surface area contributed by atoms with Gasteiger partial charge in [-0.15, -0.1) is 11.3 Å². The predicted molar refractivity (Wildman–Crippen MR) is 108 cm³/mol. The minimum atomic E-state index is 0.150. The second-order valence-electron chi connectivity index (χ2n) is 6.70. The van der Waals surface area contributed by atoms with Crippen LogP contribution in [0.15, 0.2) is 36.0 Å². The van der Waals surface area contributed by atoms with E-state index in [1.54, 1.807) is 31.7 Å². The van der Waals surface area contributed by atoms with Crippen molar-refractivity contribution < 1.29 is 9.53 Å². The zero-order valence-electron chi connectivity index (χ0n) is 15.4. The molecule has 1 saturated heterocycles. The number of likely N-dealkylation sites (tertiary alicyclic amines) is 1. The summed E-state index contributed by atoms with van der Waals surface area (Å²) in [5.41, 5.74) is 2.24. The lowest BCUT2D eigenvalue weighted by Gasteiger charge is -2.32. The van der Waals surface area contributed by atoms with Crippen LogP contribution in [0.4, 0.5) is 5.82 Å². The van der Waals surface area contributed by atoms with Crippen LogP contribution in [0.2, 0.25) is 0 Å². The molecule has 3 heterocycles. The molecular formula is C20H22N4O2S. The van der Waals surface area contributed by atoms with Gasteiger partial charge in [-0.3, -0.25) is 4.79 Å². The van der Waals surface area contributed by atoms with E-state index in [4.69, 9.17) is 4.74 Å². The number of ether oxygens (including phenoxy) is 1. The molecule has 6 nitrogen and oxygen atoms in total. The third kappa shape index (κ3) is 3.60. The van der Waals surface area contributed by atoms with E-state index in [1.165, 1.54) is 0 Å². The van der Waals surface area contributed by atoms with Crippen LogP contribution in [0, 0.1) is 0 Å². The normalized spacial score (nSPS) is 15.1. The SMILES string of the molecule is COc1ccc(-c2csc3ncnc(NC4CCN(C(C)=O)CC4)c23)cc1. The Kier molecular flexibility index (Phi) is 4.94. The summed E-state index contributed by atoms with van der Waals surface area (Å²) in [4.78, 5) is 23.4. The molecule has 0 atom stereocenters. The molecule has 1 aliphatic rings. The highest BCUT2D eigenvalue weighted by Crippen LogP contribution is 2.37. The topological polar surface area (TPSA) is 67.4 Å². The van der Waals surface area contributed by atoms with Crippen LogP contribution in [0.25, 0.3) is 21.3 Å². The van der Waals surface area contributed by atoms with Crippen LogP contribution in [0.1, 0.15) is 19.8 Å². The average Bonchev–Trinajstić information content (AvgIpc) is 3.14. The van der Waals surface area contributed by atoms with Gasteiger partial charge in [0.2, 0.25) is 5.91 Å². The number of fused-ring (bicyclic) bond motifs is 1. The molecule has 1 aromatic carbocycles. The number of thiophene rings is 1. The van der Waals surface area contributed by atoms with Crippen LogP contribution in [-0.2, 0) is 4.79 Å². The minimum Gasteiger partial charge on any atom is -0.497 e. The summed E-state index contributed by atoms with van der Waals surface area (Å²) in [7, 11) is 1.67. The Labute approximate surface area is 162 Å². The first-order chi connectivity index (χ1) is 13.2. The lowest BCUT2D eigenvalue weighted by atomic mass is 10.0. The summed E-state index contributed by atoms with van der Waals surface area (Å²) in [6.45, 7) is 3.21. The number of carbonyl (C=O) groups is 1. The quantitative estimate of drug-likeness (QED) is 0.744. The highest BCUT2D eigenvalue weighted by Gasteiger charge is 2.22. The molecule has 7 heteroatoms. The number of aromatic nitrogens is 2. The molecule has 1 aliphatic heterocycles. The van der Waals surface area contributed by atoms with Gasteiger partial charge in [0.05, 0.1) is 12.5 Å². The van der Waals surface area contributed by atoms with Crippen molar-refractivity contribution in [3.05, 3.63) is 36.0 Å². The number of nitrogens with one attached hydrogen (secondary N) is 1. The van der Waals surface area contributed by atoms with Crippen molar-refractivity contribution in [3.63, 3.8) is 0 Å². The van der Waals surface area contributed by atoms with Gasteiger partial charge in [0, 0.05) is 37.0 Å². The summed E-state index contributed by atoms with van der Waals surface area (Å²) in [5.74, 6) is 1.86. The standard InChI is InChI=1S/C20H22N4O2S/c1-13(25)24-9-7-15(8-10-24)23-19-18-17(11-27-20(18)22-12-21-19)14-3-5-16(26-2)6-4-14/h3-6,11-12,15H,7-10H2,1-2H3,(H,21,22,23). The molecule has 0 bridgehead atoms. The first-order valence-electron chi connectivity index (χ1n) is 9.04. The Balaban J connectivity index is 1.61. The van der Waals surface area contributed by atoms with Crippen molar-refractivity contribution in [1.29, 1.82) is 0 Å². The number of anilines is 1. The zero-order valence-corrected chi connectivity index (χ0v) is 16.3. The van der Waals surface area contributed by atoms with E-state index in [2.05, 4.69) is 32.8 Å². The highest BCUT2D eigenvalue weighted by molar-refractivity contribution is 7.17. The molecule has 0 saturated carbocycles. The number of amides is 1. The number of carbonyl (C=O) groups excluding carboxylic acids is 1. The molecule has 4 rings (SSSR count). The monoisotopic (exact) mass is 382 g/mol. The molecule has 2 aromatic heterocycles. The van der Waals surface area contributed by atoms with Gasteiger partial charge in [-0.05, 0) is 30.5 Å². The third-order valence-electron chi connectivity index (χ3n) is 5.05. The summed E-state index contributed by atoms with van der Waals surface area (Å²) in [5, 5.41) is 6.78. The highest BCUT2D eigenvalue weighted by atomic mass is 32.1. The molecule has 0 spiro atoms. The molecule has 1 amide bonds. The summed E-state index contributed by atoms with van der Waals surface area (Å²) in [6, 6.07) is 8.35. The Bertz CT molecular complexity index is 946. The van der Waals surface area contributed by atoms with Gasteiger partial charge in [0.15, 0.2) is 0 Å². The fourth-order valence-corrected chi connectivity index (χ4v) is 4.42. The number of piperidine rings is 1. The Morgan fingerprint density at radius 1 is 1.22 bits per heavy atom. The fourth-order valence-electron chi connectivity index (χ4n) is 3.50. The molecular weight excluding hydrogens is 360 g/mol. The molecule has 1 N–H and O–H groups in total. The number of nitrogens with zero attached hydrogens (tertiary/aromatic N) is 3. The van der Waals surface area contributed by atoms with E-state index in [-0.39, 0.29) is 5.91 Å². The minimum absolute atomic E-state index is 0.150. The average molecular weight is 382 g/mol. The van der Waals surface area contributed by atoms with Gasteiger partial charge in [0.25, 0.3) is 0 Å². The van der Waals surface area contributed by atoms with E-state index in [1.807, 2.05) is 17.0 Å². The molecule has 0 radical (unpaired) electrons. The Morgan fingerprint density at radius 3 is 2.63 bits per heavy atom. The lowest BCUT2D eigenvalue weighted by molar-refractivity contribution is -0.129. The Morgan fingerprint density at radius 2 is 1.96 bits per heavy atom. The third-order valence-corrected chi connectivity index (χ3v) is 5.94. The number of hydrogen-bond acceptors (Lipinski definition) is 6. The van der Waals surface area contributed by atoms with Gasteiger partial charge in [0.1, 0.15) is 22.7 Å². The largest absolute Gasteiger partial charge is 0.497 e. The van der Waals surface area contributed by atoms with Crippen molar-refractivity contribution in [2.45, 2.75) is 25.8 Å². The number of methoxy groups -OCH3 is 1. The lowest BCUT2D eigenvalue weighted by Crippen LogP contribution is -2.41.